The zero-order chi connectivity index (χ0) is 27.5. The normalized spacial score (nSPS) is 18.9. The van der Waals surface area contributed by atoms with Gasteiger partial charge in [-0.2, -0.15) is 0 Å². The number of aliphatic hydroxyl groups excluding tert-OH is 1. The molecule has 39 heavy (non-hydrogen) atoms. The Bertz CT molecular complexity index is 1350. The van der Waals surface area contributed by atoms with E-state index in [-0.39, 0.29) is 43.7 Å². The Hall–Kier alpha value is -4.38. The molecule has 0 aliphatic carbocycles. The number of pyridine rings is 2. The van der Waals surface area contributed by atoms with Crippen molar-refractivity contribution >= 4 is 17.6 Å². The molecule has 11 heteroatoms. The lowest BCUT2D eigenvalue weighted by molar-refractivity contribution is 0.0356. The average molecular weight is 534 g/mol. The molecule has 2 aliphatic rings. The zero-order valence-corrected chi connectivity index (χ0v) is 22.0. The third kappa shape index (κ3) is 5.58. The van der Waals surface area contributed by atoms with Crippen molar-refractivity contribution in [2.24, 2.45) is 5.92 Å². The fraction of sp³-hybridized carbons (Fsp3) is 0.357. The summed E-state index contributed by atoms with van der Waals surface area (Å²) in [5.74, 6) is 0.957. The van der Waals surface area contributed by atoms with Gasteiger partial charge in [-0.15, -0.1) is 0 Å². The predicted octanol–water partition coefficient (Wildman–Crippen LogP) is 3.26. The van der Waals surface area contributed by atoms with Crippen molar-refractivity contribution in [2.75, 3.05) is 38.9 Å². The third-order valence-corrected chi connectivity index (χ3v) is 6.96. The van der Waals surface area contributed by atoms with Gasteiger partial charge in [-0.05, 0) is 42.8 Å². The predicted molar refractivity (Wildman–Crippen MR) is 143 cm³/mol. The summed E-state index contributed by atoms with van der Waals surface area (Å²) < 4.78 is 17.0. The first kappa shape index (κ1) is 26.2. The van der Waals surface area contributed by atoms with Gasteiger partial charge in [-0.1, -0.05) is 6.92 Å². The van der Waals surface area contributed by atoms with Crippen LogP contribution in [0.15, 0.2) is 55.0 Å². The molecule has 3 aromatic rings. The number of carbonyl (C=O) groups excluding carboxylic acids is 2. The minimum atomic E-state index is -0.475. The average Bonchev–Trinajstić information content (AvgIpc) is 3.42. The molecule has 4 heterocycles. The Labute approximate surface area is 226 Å². The number of hydrogen-bond acceptors (Lipinski definition) is 8. The first-order valence-corrected chi connectivity index (χ1v) is 12.7. The summed E-state index contributed by atoms with van der Waals surface area (Å²) in [6.07, 6.45) is 4.53. The van der Waals surface area contributed by atoms with Gasteiger partial charge in [0.2, 0.25) is 12.7 Å². The number of nitrogens with zero attached hydrogens (tertiary/aromatic N) is 4. The number of amides is 3. The number of urea groups is 1. The Morgan fingerprint density at radius 1 is 1.18 bits per heavy atom. The molecule has 0 bridgehead atoms. The summed E-state index contributed by atoms with van der Waals surface area (Å²) in [6, 6.07) is 9.88. The summed E-state index contributed by atoms with van der Waals surface area (Å²) in [6.45, 7) is 4.29. The summed E-state index contributed by atoms with van der Waals surface area (Å²) in [7, 11) is 1.68. The van der Waals surface area contributed by atoms with Crippen molar-refractivity contribution in [1.29, 1.82) is 0 Å². The van der Waals surface area contributed by atoms with Gasteiger partial charge in [-0.3, -0.25) is 9.78 Å². The van der Waals surface area contributed by atoms with Gasteiger partial charge in [0.15, 0.2) is 11.5 Å². The van der Waals surface area contributed by atoms with E-state index in [9.17, 15) is 14.7 Å². The smallest absolute Gasteiger partial charge is 0.321 e. The number of nitrogens with one attached hydrogen (secondary N) is 1. The van der Waals surface area contributed by atoms with Crippen molar-refractivity contribution in [1.82, 2.24) is 19.8 Å². The molecular formula is C28H31N5O6. The summed E-state index contributed by atoms with van der Waals surface area (Å²) in [4.78, 5) is 38.4. The van der Waals surface area contributed by atoms with Crippen LogP contribution in [0.25, 0.3) is 11.1 Å². The third-order valence-electron chi connectivity index (χ3n) is 6.96. The fourth-order valence-corrected chi connectivity index (χ4v) is 4.57. The molecule has 0 radical (unpaired) electrons. The van der Waals surface area contributed by atoms with E-state index in [1.54, 1.807) is 61.7 Å². The van der Waals surface area contributed by atoms with Crippen LogP contribution >= 0.6 is 0 Å². The highest BCUT2D eigenvalue weighted by molar-refractivity contribution is 5.98. The summed E-state index contributed by atoms with van der Waals surface area (Å²) in [5, 5.41) is 12.8. The van der Waals surface area contributed by atoms with Crippen molar-refractivity contribution in [3.05, 3.63) is 60.6 Å². The molecule has 0 spiro atoms. The molecule has 0 unspecified atom stereocenters. The second-order valence-corrected chi connectivity index (χ2v) is 9.81. The lowest BCUT2D eigenvalue weighted by atomic mass is 9.99. The Kier molecular flexibility index (Phi) is 7.51. The fourth-order valence-electron chi connectivity index (χ4n) is 4.57. The molecule has 2 aromatic heterocycles. The Balaban J connectivity index is 1.38. The lowest BCUT2D eigenvalue weighted by Crippen LogP contribution is -2.50. The van der Waals surface area contributed by atoms with Crippen LogP contribution in [-0.4, -0.2) is 82.5 Å². The van der Waals surface area contributed by atoms with Crippen LogP contribution in [0.2, 0.25) is 0 Å². The van der Waals surface area contributed by atoms with Crippen molar-refractivity contribution in [3.63, 3.8) is 0 Å². The minimum Gasteiger partial charge on any atom is -0.472 e. The molecule has 0 saturated heterocycles. The van der Waals surface area contributed by atoms with E-state index >= 15 is 0 Å². The van der Waals surface area contributed by atoms with E-state index in [1.807, 2.05) is 19.1 Å². The van der Waals surface area contributed by atoms with Crippen LogP contribution in [0, 0.1) is 5.92 Å². The largest absolute Gasteiger partial charge is 0.472 e. The number of anilines is 1. The highest BCUT2D eigenvalue weighted by atomic mass is 16.7. The van der Waals surface area contributed by atoms with Crippen molar-refractivity contribution in [2.45, 2.75) is 26.0 Å². The van der Waals surface area contributed by atoms with Crippen molar-refractivity contribution < 1.29 is 28.9 Å². The van der Waals surface area contributed by atoms with Crippen LogP contribution in [0.1, 0.15) is 24.2 Å². The molecule has 204 valence electrons. The van der Waals surface area contributed by atoms with Gasteiger partial charge < -0.3 is 34.4 Å². The molecule has 2 aliphatic heterocycles. The van der Waals surface area contributed by atoms with E-state index in [1.165, 1.54) is 4.90 Å². The minimum absolute atomic E-state index is 0.150. The summed E-state index contributed by atoms with van der Waals surface area (Å²) in [5.41, 5.74) is 2.48. The van der Waals surface area contributed by atoms with Crippen molar-refractivity contribution in [3.8, 4) is 28.5 Å². The molecular weight excluding hydrogens is 502 g/mol. The zero-order valence-electron chi connectivity index (χ0n) is 22.0. The van der Waals surface area contributed by atoms with Crippen LogP contribution in [0.3, 0.4) is 0 Å². The van der Waals surface area contributed by atoms with Crippen LogP contribution < -0.4 is 19.5 Å². The molecule has 1 aromatic carbocycles. The first-order valence-electron chi connectivity index (χ1n) is 12.7. The van der Waals surface area contributed by atoms with Gasteiger partial charge in [0.05, 0.1) is 19.2 Å². The number of fused-ring (bicyclic) bond motifs is 2. The quantitative estimate of drug-likeness (QED) is 0.495. The molecule has 2 N–H and O–H groups in total. The van der Waals surface area contributed by atoms with Gasteiger partial charge in [0.25, 0.3) is 5.91 Å². The molecule has 0 saturated carbocycles. The van der Waals surface area contributed by atoms with Gasteiger partial charge >= 0.3 is 6.03 Å². The van der Waals surface area contributed by atoms with Crippen LogP contribution in [-0.2, 0) is 0 Å². The monoisotopic (exact) mass is 533 g/mol. The van der Waals surface area contributed by atoms with Gasteiger partial charge in [0, 0.05) is 55.4 Å². The number of carbonyl (C=O) groups is 2. The number of likely N-dealkylation sites (N-methyl/N-ethyl adjacent to an activating group) is 1. The standard InChI is InChI=1S/C28H31N5O6/c1-17-13-33(18(2)15-34)27(35)22-10-20(19-6-8-29-9-7-19)12-30-26(22)39-25(17)14-32(3)28(36)31-21-4-5-23-24(11-21)38-16-37-23/h4-12,17-18,25,34H,13-16H2,1-3H3,(H,31,36)/t17-,18-,25+/m1/s1. The Morgan fingerprint density at radius 2 is 1.95 bits per heavy atom. The Morgan fingerprint density at radius 3 is 2.72 bits per heavy atom. The highest BCUT2D eigenvalue weighted by Crippen LogP contribution is 2.34. The number of rotatable bonds is 6. The SMILES string of the molecule is C[C@@H]1CN([C@H](C)CO)C(=O)c2cc(-c3ccncc3)cnc2O[C@H]1CN(C)C(=O)Nc1ccc2c(c1)OCO2. The maximum absolute atomic E-state index is 13.6. The molecule has 11 nitrogen and oxygen atoms in total. The number of ether oxygens (including phenoxy) is 3. The van der Waals surface area contributed by atoms with Gasteiger partial charge in [-0.25, -0.2) is 9.78 Å². The highest BCUT2D eigenvalue weighted by Gasteiger charge is 2.35. The number of hydrogen-bond donors (Lipinski definition) is 2. The number of benzene rings is 1. The second-order valence-electron chi connectivity index (χ2n) is 9.81. The van der Waals surface area contributed by atoms with E-state index in [0.29, 0.717) is 29.3 Å². The van der Waals surface area contributed by atoms with E-state index in [0.717, 1.165) is 11.1 Å². The van der Waals surface area contributed by atoms with Gasteiger partial charge in [0.1, 0.15) is 11.7 Å². The molecule has 3 amide bonds. The lowest BCUT2D eigenvalue weighted by Gasteiger charge is -2.37. The maximum atomic E-state index is 13.6. The topological polar surface area (TPSA) is 126 Å². The molecule has 5 rings (SSSR count). The van der Waals surface area contributed by atoms with E-state index < -0.39 is 12.1 Å². The number of aliphatic hydroxyl groups is 1. The van der Waals surface area contributed by atoms with Crippen LogP contribution in [0.5, 0.6) is 17.4 Å². The van der Waals surface area contributed by atoms with E-state index in [4.69, 9.17) is 14.2 Å². The number of aromatic nitrogens is 2. The second kappa shape index (κ2) is 11.2. The van der Waals surface area contributed by atoms with Crippen LogP contribution in [0.4, 0.5) is 10.5 Å². The maximum Gasteiger partial charge on any atom is 0.321 e. The first-order chi connectivity index (χ1) is 18.8. The van der Waals surface area contributed by atoms with E-state index in [2.05, 4.69) is 15.3 Å². The molecule has 0 fully saturated rings. The molecule has 3 atom stereocenters. The summed E-state index contributed by atoms with van der Waals surface area (Å²) >= 11 is 0.